The van der Waals surface area contributed by atoms with Crippen molar-refractivity contribution in [3.63, 3.8) is 0 Å². The van der Waals surface area contributed by atoms with Gasteiger partial charge in [-0.3, -0.25) is 4.79 Å². The fraction of sp³-hybridized carbons (Fsp3) is 0.682. The van der Waals surface area contributed by atoms with E-state index in [2.05, 4.69) is 24.0 Å². The Balaban J connectivity index is 1.61. The van der Waals surface area contributed by atoms with Crippen LogP contribution < -0.4 is 10.5 Å². The Kier molecular flexibility index (Phi) is 4.50. The molecule has 2 aliphatic carbocycles. The molecule has 2 bridgehead atoms. The summed E-state index contributed by atoms with van der Waals surface area (Å²) in [6.07, 6.45) is 6.68. The van der Waals surface area contributed by atoms with Crippen molar-refractivity contribution in [1.82, 2.24) is 4.90 Å². The Morgan fingerprint density at radius 3 is 2.85 bits per heavy atom. The van der Waals surface area contributed by atoms with Gasteiger partial charge in [-0.1, -0.05) is 25.5 Å². The lowest BCUT2D eigenvalue weighted by molar-refractivity contribution is -0.144. The molecule has 2 N–H and O–H groups in total. The molecule has 2 saturated carbocycles. The summed E-state index contributed by atoms with van der Waals surface area (Å²) in [4.78, 5) is 15.9. The second-order valence-corrected chi connectivity index (χ2v) is 9.26. The molecule has 4 unspecified atom stereocenters. The van der Waals surface area contributed by atoms with Crippen molar-refractivity contribution >= 4 is 5.91 Å². The lowest BCUT2D eigenvalue weighted by Gasteiger charge is -2.40. The Morgan fingerprint density at radius 2 is 2.23 bits per heavy atom. The summed E-state index contributed by atoms with van der Waals surface area (Å²) in [5, 5.41) is 0. The van der Waals surface area contributed by atoms with Crippen molar-refractivity contribution in [1.29, 1.82) is 0 Å². The number of ether oxygens (including phenoxy) is 1. The van der Waals surface area contributed by atoms with Gasteiger partial charge in [0.15, 0.2) is 0 Å². The summed E-state index contributed by atoms with van der Waals surface area (Å²) in [7, 11) is 1.70. The Labute approximate surface area is 157 Å². The maximum Gasteiger partial charge on any atom is 0.229 e. The first-order valence-corrected chi connectivity index (χ1v) is 10.1. The maximum absolute atomic E-state index is 13.8. The number of carbonyl (C=O) groups excluding carboxylic acids is 1. The normalized spacial score (nSPS) is 35.9. The fourth-order valence-electron chi connectivity index (χ4n) is 5.82. The number of nitrogens with zero attached hydrogens (tertiary/aromatic N) is 1. The minimum atomic E-state index is -0.213. The molecule has 0 spiro atoms. The van der Waals surface area contributed by atoms with E-state index in [0.717, 1.165) is 44.0 Å². The van der Waals surface area contributed by atoms with Gasteiger partial charge in [-0.25, -0.2) is 0 Å². The standard InChI is InChI=1S/C22H32N2O2/c1-21(14-23)8-9-24(15-21)20(25)22(13-17-6-7-18(22)10-17)12-16-4-3-5-19(11-16)26-2/h3-5,11,17-18H,6-10,12-15,23H2,1-2H3. The molecule has 1 aliphatic heterocycles. The first-order valence-electron chi connectivity index (χ1n) is 10.1. The lowest BCUT2D eigenvalue weighted by atomic mass is 9.68. The largest absolute Gasteiger partial charge is 0.497 e. The zero-order valence-electron chi connectivity index (χ0n) is 16.2. The molecule has 142 valence electrons. The Morgan fingerprint density at radius 1 is 1.38 bits per heavy atom. The summed E-state index contributed by atoms with van der Waals surface area (Å²) < 4.78 is 5.41. The number of likely N-dealkylation sites (tertiary alicyclic amines) is 1. The number of amides is 1. The molecule has 26 heavy (non-hydrogen) atoms. The van der Waals surface area contributed by atoms with E-state index in [1.54, 1.807) is 7.11 Å². The molecule has 1 saturated heterocycles. The number of nitrogens with two attached hydrogens (primary N) is 1. The monoisotopic (exact) mass is 356 g/mol. The van der Waals surface area contributed by atoms with Crippen molar-refractivity contribution in [2.45, 2.75) is 45.4 Å². The molecule has 4 heteroatoms. The molecular weight excluding hydrogens is 324 g/mol. The summed E-state index contributed by atoms with van der Waals surface area (Å²) >= 11 is 0. The minimum absolute atomic E-state index is 0.0877. The van der Waals surface area contributed by atoms with Crippen molar-refractivity contribution in [3.8, 4) is 5.75 Å². The van der Waals surface area contributed by atoms with Crippen LogP contribution in [0.15, 0.2) is 24.3 Å². The van der Waals surface area contributed by atoms with Crippen LogP contribution in [0.1, 0.15) is 44.6 Å². The van der Waals surface area contributed by atoms with Crippen molar-refractivity contribution in [2.75, 3.05) is 26.7 Å². The van der Waals surface area contributed by atoms with E-state index in [4.69, 9.17) is 10.5 Å². The van der Waals surface area contributed by atoms with Gasteiger partial charge in [0.25, 0.3) is 0 Å². The van der Waals surface area contributed by atoms with Gasteiger partial charge >= 0.3 is 0 Å². The predicted molar refractivity (Wildman–Crippen MR) is 103 cm³/mol. The summed E-state index contributed by atoms with van der Waals surface area (Å²) in [6.45, 7) is 4.56. The second kappa shape index (κ2) is 6.56. The third kappa shape index (κ3) is 2.92. The van der Waals surface area contributed by atoms with E-state index in [1.165, 1.54) is 24.8 Å². The van der Waals surface area contributed by atoms with Crippen molar-refractivity contribution < 1.29 is 9.53 Å². The number of rotatable bonds is 5. The highest BCUT2D eigenvalue weighted by Gasteiger charge is 2.57. The van der Waals surface area contributed by atoms with Gasteiger partial charge in [-0.15, -0.1) is 0 Å². The van der Waals surface area contributed by atoms with Crippen LogP contribution in [0, 0.1) is 22.7 Å². The number of hydrogen-bond donors (Lipinski definition) is 1. The number of fused-ring (bicyclic) bond motifs is 2. The van der Waals surface area contributed by atoms with Crippen LogP contribution in [-0.4, -0.2) is 37.6 Å². The number of methoxy groups -OCH3 is 1. The minimum Gasteiger partial charge on any atom is -0.497 e. The van der Waals surface area contributed by atoms with Gasteiger partial charge in [-0.05, 0) is 73.6 Å². The van der Waals surface area contributed by atoms with Gasteiger partial charge in [0, 0.05) is 13.1 Å². The van der Waals surface area contributed by atoms with Gasteiger partial charge < -0.3 is 15.4 Å². The van der Waals surface area contributed by atoms with Crippen LogP contribution >= 0.6 is 0 Å². The third-order valence-electron chi connectivity index (χ3n) is 7.39. The van der Waals surface area contributed by atoms with E-state index in [9.17, 15) is 4.79 Å². The zero-order valence-corrected chi connectivity index (χ0v) is 16.2. The summed E-state index contributed by atoms with van der Waals surface area (Å²) in [5.74, 6) is 2.55. The van der Waals surface area contributed by atoms with Gasteiger partial charge in [-0.2, -0.15) is 0 Å². The molecule has 4 atom stereocenters. The second-order valence-electron chi connectivity index (χ2n) is 9.26. The van der Waals surface area contributed by atoms with E-state index in [-0.39, 0.29) is 10.8 Å². The number of carbonyl (C=O) groups is 1. The van der Waals surface area contributed by atoms with Crippen LogP contribution in [0.2, 0.25) is 0 Å². The molecule has 4 rings (SSSR count). The molecule has 3 aliphatic rings. The van der Waals surface area contributed by atoms with E-state index >= 15 is 0 Å². The summed E-state index contributed by atoms with van der Waals surface area (Å²) in [6, 6.07) is 8.28. The average Bonchev–Trinajstić information content (AvgIpc) is 3.36. The topological polar surface area (TPSA) is 55.6 Å². The van der Waals surface area contributed by atoms with Crippen LogP contribution in [0.25, 0.3) is 0 Å². The first-order chi connectivity index (χ1) is 12.5. The smallest absolute Gasteiger partial charge is 0.229 e. The van der Waals surface area contributed by atoms with Crippen LogP contribution in [0.3, 0.4) is 0 Å². The molecule has 1 aromatic carbocycles. The molecule has 4 nitrogen and oxygen atoms in total. The zero-order chi connectivity index (χ0) is 18.4. The molecule has 0 radical (unpaired) electrons. The van der Waals surface area contributed by atoms with Gasteiger partial charge in [0.05, 0.1) is 12.5 Å². The van der Waals surface area contributed by atoms with Crippen LogP contribution in [-0.2, 0) is 11.2 Å². The molecule has 1 heterocycles. The molecule has 3 fully saturated rings. The SMILES string of the molecule is COc1cccc(CC2(C(=O)N3CCC(C)(CN)C3)CC3CCC2C3)c1. The van der Waals surface area contributed by atoms with E-state index < -0.39 is 0 Å². The van der Waals surface area contributed by atoms with Crippen molar-refractivity contribution in [2.24, 2.45) is 28.4 Å². The fourth-order valence-corrected chi connectivity index (χ4v) is 5.82. The quantitative estimate of drug-likeness (QED) is 0.881. The highest BCUT2D eigenvalue weighted by atomic mass is 16.5. The maximum atomic E-state index is 13.8. The third-order valence-corrected chi connectivity index (χ3v) is 7.39. The number of hydrogen-bond acceptors (Lipinski definition) is 3. The van der Waals surface area contributed by atoms with E-state index in [1.807, 2.05) is 12.1 Å². The average molecular weight is 357 g/mol. The van der Waals surface area contributed by atoms with Crippen LogP contribution in [0.4, 0.5) is 0 Å². The summed E-state index contributed by atoms with van der Waals surface area (Å²) in [5.41, 5.74) is 7.08. The number of benzene rings is 1. The molecule has 1 amide bonds. The van der Waals surface area contributed by atoms with Gasteiger partial charge in [0.1, 0.15) is 5.75 Å². The predicted octanol–water partition coefficient (Wildman–Crippen LogP) is 3.24. The van der Waals surface area contributed by atoms with E-state index in [0.29, 0.717) is 18.4 Å². The highest BCUT2D eigenvalue weighted by Crippen LogP contribution is 2.58. The van der Waals surface area contributed by atoms with Crippen molar-refractivity contribution in [3.05, 3.63) is 29.8 Å². The first kappa shape index (κ1) is 17.8. The molecule has 1 aromatic rings. The Hall–Kier alpha value is -1.55. The molecule has 0 aromatic heterocycles. The van der Waals surface area contributed by atoms with Gasteiger partial charge in [0.2, 0.25) is 5.91 Å². The van der Waals surface area contributed by atoms with Crippen LogP contribution in [0.5, 0.6) is 5.75 Å². The highest BCUT2D eigenvalue weighted by molar-refractivity contribution is 5.84. The Bertz CT molecular complexity index is 690. The molecular formula is C22H32N2O2. The lowest BCUT2D eigenvalue weighted by Crippen LogP contribution is -2.48.